The van der Waals surface area contributed by atoms with E-state index in [9.17, 15) is 4.79 Å². The van der Waals surface area contributed by atoms with Crippen LogP contribution in [0.15, 0.2) is 78.0 Å². The molecule has 0 spiro atoms. The number of aromatic nitrogens is 3. The van der Waals surface area contributed by atoms with Crippen molar-refractivity contribution < 1.29 is 19.0 Å². The van der Waals surface area contributed by atoms with E-state index in [1.54, 1.807) is 32.4 Å². The molecule has 0 fully saturated rings. The number of nitrogens with one attached hydrogen (secondary N) is 1. The minimum absolute atomic E-state index is 0.142. The first-order valence-electron chi connectivity index (χ1n) is 11.0. The Bertz CT molecular complexity index is 1250. The fourth-order valence-electron chi connectivity index (χ4n) is 3.44. The molecule has 3 aromatic carbocycles. The number of rotatable bonds is 10. The lowest BCUT2D eigenvalue weighted by atomic mass is 10.2. The van der Waals surface area contributed by atoms with Crippen LogP contribution in [0.4, 0.5) is 5.69 Å². The van der Waals surface area contributed by atoms with Crippen molar-refractivity contribution in [3.8, 4) is 34.3 Å². The molecule has 1 N–H and O–H groups in total. The number of ether oxygens (including phenoxy) is 3. The van der Waals surface area contributed by atoms with E-state index in [0.29, 0.717) is 34.8 Å². The van der Waals surface area contributed by atoms with E-state index in [1.165, 1.54) is 11.8 Å². The topological polar surface area (TPSA) is 87.5 Å². The van der Waals surface area contributed by atoms with Gasteiger partial charge in [-0.25, -0.2) is 0 Å². The van der Waals surface area contributed by atoms with Crippen LogP contribution < -0.4 is 19.5 Å². The van der Waals surface area contributed by atoms with E-state index in [2.05, 4.69) is 15.5 Å². The van der Waals surface area contributed by atoms with Crippen molar-refractivity contribution in [2.45, 2.75) is 12.1 Å². The third kappa shape index (κ3) is 5.93. The van der Waals surface area contributed by atoms with Crippen LogP contribution >= 0.6 is 11.8 Å². The lowest BCUT2D eigenvalue weighted by molar-refractivity contribution is -0.113. The quantitative estimate of drug-likeness (QED) is 0.310. The van der Waals surface area contributed by atoms with Gasteiger partial charge in [0, 0.05) is 35.1 Å². The number of carbonyl (C=O) groups excluding carboxylic acids is 1. The summed E-state index contributed by atoms with van der Waals surface area (Å²) in [6, 6.07) is 22.8. The summed E-state index contributed by atoms with van der Waals surface area (Å²) in [5.41, 5.74) is 2.39. The van der Waals surface area contributed by atoms with Crippen molar-refractivity contribution in [3.63, 3.8) is 0 Å². The first kappa shape index (κ1) is 24.2. The van der Waals surface area contributed by atoms with Gasteiger partial charge in [-0.1, -0.05) is 42.1 Å². The van der Waals surface area contributed by atoms with Gasteiger partial charge >= 0.3 is 0 Å². The Kier molecular flexibility index (Phi) is 7.89. The first-order chi connectivity index (χ1) is 17.1. The average molecular weight is 491 g/mol. The number of thioether (sulfide) groups is 1. The fourth-order valence-corrected chi connectivity index (χ4v) is 4.19. The molecule has 0 bridgehead atoms. The van der Waals surface area contributed by atoms with Gasteiger partial charge in [-0.15, -0.1) is 10.2 Å². The first-order valence-corrected chi connectivity index (χ1v) is 12.0. The van der Waals surface area contributed by atoms with Gasteiger partial charge in [0.15, 0.2) is 11.0 Å². The van der Waals surface area contributed by atoms with E-state index in [-0.39, 0.29) is 11.7 Å². The average Bonchev–Trinajstić information content (AvgIpc) is 3.32. The number of hydrogen-bond donors (Lipinski definition) is 1. The highest BCUT2D eigenvalue weighted by Gasteiger charge is 2.18. The van der Waals surface area contributed by atoms with Gasteiger partial charge < -0.3 is 19.5 Å². The summed E-state index contributed by atoms with van der Waals surface area (Å²) in [5.74, 6) is 2.62. The Morgan fingerprint density at radius 2 is 1.60 bits per heavy atom. The Labute approximate surface area is 208 Å². The molecule has 1 amide bonds. The van der Waals surface area contributed by atoms with Crippen molar-refractivity contribution in [3.05, 3.63) is 72.8 Å². The SMILES string of the molecule is CCOc1ccc(-n2c(SCC(=O)Nc3cc(OC)cc(OC)c3)nnc2-c2ccccc2)cc1. The van der Waals surface area contributed by atoms with Crippen LogP contribution in [0.1, 0.15) is 6.92 Å². The molecule has 1 aromatic heterocycles. The number of anilines is 1. The second kappa shape index (κ2) is 11.4. The van der Waals surface area contributed by atoms with Crippen LogP contribution in [0.2, 0.25) is 0 Å². The molecular weight excluding hydrogens is 464 g/mol. The smallest absolute Gasteiger partial charge is 0.234 e. The molecule has 35 heavy (non-hydrogen) atoms. The van der Waals surface area contributed by atoms with Crippen molar-refractivity contribution >= 4 is 23.4 Å². The number of methoxy groups -OCH3 is 2. The van der Waals surface area contributed by atoms with Gasteiger partial charge in [0.05, 0.1) is 26.6 Å². The van der Waals surface area contributed by atoms with Crippen LogP contribution in [0, 0.1) is 0 Å². The third-order valence-corrected chi connectivity index (χ3v) is 5.97. The molecule has 0 aliphatic carbocycles. The highest BCUT2D eigenvalue weighted by molar-refractivity contribution is 7.99. The van der Waals surface area contributed by atoms with Crippen LogP contribution in [0.5, 0.6) is 17.2 Å². The van der Waals surface area contributed by atoms with Gasteiger partial charge in [0.1, 0.15) is 17.2 Å². The molecule has 9 heteroatoms. The van der Waals surface area contributed by atoms with Gasteiger partial charge in [0.2, 0.25) is 5.91 Å². The molecule has 0 atom stereocenters. The maximum Gasteiger partial charge on any atom is 0.234 e. The zero-order valence-corrected chi connectivity index (χ0v) is 20.5. The monoisotopic (exact) mass is 490 g/mol. The highest BCUT2D eigenvalue weighted by atomic mass is 32.2. The number of nitrogens with zero attached hydrogens (tertiary/aromatic N) is 3. The van der Waals surface area contributed by atoms with E-state index in [1.807, 2.05) is 66.1 Å². The summed E-state index contributed by atoms with van der Waals surface area (Å²) in [6.45, 7) is 2.54. The minimum atomic E-state index is -0.187. The second-order valence-corrected chi connectivity index (χ2v) is 8.32. The van der Waals surface area contributed by atoms with E-state index in [4.69, 9.17) is 14.2 Å². The predicted octanol–water partition coefficient (Wildman–Crippen LogP) is 5.08. The highest BCUT2D eigenvalue weighted by Crippen LogP contribution is 2.30. The Hall–Kier alpha value is -3.98. The molecule has 4 rings (SSSR count). The van der Waals surface area contributed by atoms with Crippen molar-refractivity contribution in [1.82, 2.24) is 14.8 Å². The number of hydrogen-bond acceptors (Lipinski definition) is 7. The lowest BCUT2D eigenvalue weighted by Crippen LogP contribution is -2.14. The molecule has 0 aliphatic rings. The molecule has 180 valence electrons. The van der Waals surface area contributed by atoms with Crippen molar-refractivity contribution in [2.24, 2.45) is 0 Å². The predicted molar refractivity (Wildman–Crippen MR) is 137 cm³/mol. The van der Waals surface area contributed by atoms with Crippen LogP contribution in [-0.2, 0) is 4.79 Å². The third-order valence-electron chi connectivity index (χ3n) is 5.04. The Balaban J connectivity index is 1.57. The zero-order chi connectivity index (χ0) is 24.6. The summed E-state index contributed by atoms with van der Waals surface area (Å²) in [6.07, 6.45) is 0. The molecule has 0 radical (unpaired) electrons. The molecule has 1 heterocycles. The normalized spacial score (nSPS) is 10.6. The van der Waals surface area contributed by atoms with Crippen molar-refractivity contribution in [1.29, 1.82) is 0 Å². The van der Waals surface area contributed by atoms with E-state index in [0.717, 1.165) is 17.0 Å². The summed E-state index contributed by atoms with van der Waals surface area (Å²) >= 11 is 1.30. The summed E-state index contributed by atoms with van der Waals surface area (Å²) < 4.78 is 18.1. The second-order valence-electron chi connectivity index (χ2n) is 7.37. The van der Waals surface area contributed by atoms with Crippen LogP contribution in [0.3, 0.4) is 0 Å². The maximum absolute atomic E-state index is 12.7. The molecule has 0 aliphatic heterocycles. The molecule has 8 nitrogen and oxygen atoms in total. The molecule has 0 saturated heterocycles. The molecule has 4 aromatic rings. The number of benzene rings is 3. The largest absolute Gasteiger partial charge is 0.497 e. The lowest BCUT2D eigenvalue weighted by Gasteiger charge is -2.12. The number of amides is 1. The summed E-state index contributed by atoms with van der Waals surface area (Å²) in [5, 5.41) is 12.3. The van der Waals surface area contributed by atoms with E-state index >= 15 is 0 Å². The van der Waals surface area contributed by atoms with Crippen LogP contribution in [-0.4, -0.2) is 47.3 Å². The summed E-state index contributed by atoms with van der Waals surface area (Å²) in [4.78, 5) is 12.7. The van der Waals surface area contributed by atoms with Gasteiger partial charge in [0.25, 0.3) is 0 Å². The fraction of sp³-hybridized carbons (Fsp3) is 0.192. The maximum atomic E-state index is 12.7. The molecular formula is C26H26N4O4S. The molecule has 0 saturated carbocycles. The van der Waals surface area contributed by atoms with Crippen LogP contribution in [0.25, 0.3) is 17.1 Å². The van der Waals surface area contributed by atoms with Gasteiger partial charge in [-0.2, -0.15) is 0 Å². The minimum Gasteiger partial charge on any atom is -0.497 e. The standard InChI is InChI=1S/C26H26N4O4S/c1-4-34-21-12-10-20(11-13-21)30-25(18-8-6-5-7-9-18)28-29-26(30)35-17-24(31)27-19-14-22(32-2)16-23(15-19)33-3/h5-16H,4,17H2,1-3H3,(H,27,31). The zero-order valence-electron chi connectivity index (χ0n) is 19.7. The van der Waals surface area contributed by atoms with Gasteiger partial charge in [-0.05, 0) is 31.2 Å². The Morgan fingerprint density at radius 3 is 2.23 bits per heavy atom. The Morgan fingerprint density at radius 1 is 0.914 bits per heavy atom. The van der Waals surface area contributed by atoms with E-state index < -0.39 is 0 Å². The summed E-state index contributed by atoms with van der Waals surface area (Å²) in [7, 11) is 3.13. The molecule has 0 unspecified atom stereocenters. The van der Waals surface area contributed by atoms with Crippen molar-refractivity contribution in [2.75, 3.05) is 31.9 Å². The van der Waals surface area contributed by atoms with Gasteiger partial charge in [-0.3, -0.25) is 9.36 Å². The number of carbonyl (C=O) groups is 1.